The van der Waals surface area contributed by atoms with E-state index in [-0.39, 0.29) is 11.8 Å². The van der Waals surface area contributed by atoms with Crippen LogP contribution in [0.1, 0.15) is 53.1 Å². The third kappa shape index (κ3) is 7.82. The molecule has 0 bridgehead atoms. The lowest BCUT2D eigenvalue weighted by molar-refractivity contribution is -0.115. The van der Waals surface area contributed by atoms with Crippen LogP contribution in [-0.2, 0) is 29.0 Å². The van der Waals surface area contributed by atoms with Crippen LogP contribution in [0.3, 0.4) is 0 Å². The van der Waals surface area contributed by atoms with Crippen molar-refractivity contribution in [2.24, 2.45) is 0 Å². The fourth-order valence-corrected chi connectivity index (χ4v) is 8.05. The second-order valence-electron chi connectivity index (χ2n) is 11.4. The first-order valence-electron chi connectivity index (χ1n) is 15.4. The van der Waals surface area contributed by atoms with Crippen molar-refractivity contribution in [3.63, 3.8) is 0 Å². The van der Waals surface area contributed by atoms with Crippen LogP contribution in [0.4, 0.5) is 10.7 Å². The number of carbonyl (C=O) groups is 3. The van der Waals surface area contributed by atoms with Gasteiger partial charge in [0.15, 0.2) is 0 Å². The first-order chi connectivity index (χ1) is 22.9. The molecule has 238 valence electrons. The molecule has 2 N–H and O–H groups in total. The fourth-order valence-electron chi connectivity index (χ4n) is 5.69. The lowest BCUT2D eigenvalue weighted by Gasteiger charge is -2.27. The number of rotatable bonds is 10. The van der Waals surface area contributed by atoms with E-state index in [2.05, 4.69) is 27.7 Å². The van der Waals surface area contributed by atoms with Crippen LogP contribution in [0.5, 0.6) is 0 Å². The molecule has 0 spiro atoms. The first-order valence-corrected chi connectivity index (χ1v) is 17.1. The minimum Gasteiger partial charge on any atom is -0.465 e. The number of aryl methyl sites for hydroxylation is 1. The SMILES string of the molecule is COC(=O)c1c(NC(=O)C(Sc2cccc(NC(=O)c3cccc(C)c3)c2)c2ccccc2)sc2c1CCN(Cc1ccccc1)C2. The summed E-state index contributed by atoms with van der Waals surface area (Å²) in [4.78, 5) is 44.3. The van der Waals surface area contributed by atoms with Crippen LogP contribution in [0.2, 0.25) is 0 Å². The summed E-state index contributed by atoms with van der Waals surface area (Å²) in [7, 11) is 1.37. The molecule has 4 aromatic carbocycles. The number of carbonyl (C=O) groups excluding carboxylic acids is 3. The van der Waals surface area contributed by atoms with Gasteiger partial charge in [-0.05, 0) is 60.4 Å². The Morgan fingerprint density at radius 2 is 1.64 bits per heavy atom. The number of thioether (sulfide) groups is 1. The molecule has 1 aliphatic rings. The fraction of sp³-hybridized carbons (Fsp3) is 0.184. The highest BCUT2D eigenvalue weighted by molar-refractivity contribution is 8.00. The molecule has 2 amide bonds. The normalized spacial score (nSPS) is 13.3. The number of benzene rings is 4. The molecule has 0 radical (unpaired) electrons. The van der Waals surface area contributed by atoms with Crippen molar-refractivity contribution in [2.45, 2.75) is 36.6 Å². The number of hydrogen-bond acceptors (Lipinski definition) is 7. The van der Waals surface area contributed by atoms with Crippen molar-refractivity contribution < 1.29 is 19.1 Å². The van der Waals surface area contributed by atoms with Crippen LogP contribution < -0.4 is 10.6 Å². The summed E-state index contributed by atoms with van der Waals surface area (Å²) in [6.07, 6.45) is 0.691. The predicted octanol–water partition coefficient (Wildman–Crippen LogP) is 8.13. The van der Waals surface area contributed by atoms with Crippen LogP contribution in [0.25, 0.3) is 0 Å². The maximum absolute atomic E-state index is 14.1. The smallest absolute Gasteiger partial charge is 0.341 e. The number of hydrogen-bond donors (Lipinski definition) is 2. The highest BCUT2D eigenvalue weighted by atomic mass is 32.2. The number of methoxy groups -OCH3 is 1. The van der Waals surface area contributed by atoms with Gasteiger partial charge in [0.25, 0.3) is 5.91 Å². The molecule has 1 atom stereocenters. The third-order valence-electron chi connectivity index (χ3n) is 7.98. The van der Waals surface area contributed by atoms with E-state index in [0.29, 0.717) is 34.8 Å². The molecule has 2 heterocycles. The molecule has 1 aromatic heterocycles. The van der Waals surface area contributed by atoms with Gasteiger partial charge >= 0.3 is 5.97 Å². The quantitative estimate of drug-likeness (QED) is 0.116. The molecule has 5 aromatic rings. The Morgan fingerprint density at radius 1 is 0.894 bits per heavy atom. The van der Waals surface area contributed by atoms with Gasteiger partial charge in [0, 0.05) is 40.7 Å². The van der Waals surface area contributed by atoms with E-state index in [1.807, 2.05) is 97.9 Å². The van der Waals surface area contributed by atoms with E-state index < -0.39 is 11.2 Å². The van der Waals surface area contributed by atoms with Crippen molar-refractivity contribution in [1.29, 1.82) is 0 Å². The number of amides is 2. The summed E-state index contributed by atoms with van der Waals surface area (Å²) in [6, 6.07) is 34.8. The van der Waals surface area contributed by atoms with Crippen molar-refractivity contribution >= 4 is 51.6 Å². The van der Waals surface area contributed by atoms with Gasteiger partial charge in [-0.1, -0.05) is 84.4 Å². The van der Waals surface area contributed by atoms with Gasteiger partial charge in [0.05, 0.1) is 12.7 Å². The topological polar surface area (TPSA) is 87.7 Å². The molecule has 6 rings (SSSR count). The lowest BCUT2D eigenvalue weighted by atomic mass is 10.0. The predicted molar refractivity (Wildman–Crippen MR) is 189 cm³/mol. The number of nitrogens with one attached hydrogen (secondary N) is 2. The van der Waals surface area contributed by atoms with Crippen molar-refractivity contribution in [3.05, 3.63) is 147 Å². The summed E-state index contributed by atoms with van der Waals surface area (Å²) in [5.74, 6) is -0.900. The average molecular weight is 662 g/mol. The molecule has 0 saturated heterocycles. The number of nitrogens with zero attached hydrogens (tertiary/aromatic N) is 1. The monoisotopic (exact) mass is 661 g/mol. The van der Waals surface area contributed by atoms with Crippen molar-refractivity contribution in [1.82, 2.24) is 4.90 Å². The number of fused-ring (bicyclic) bond motifs is 1. The zero-order valence-electron chi connectivity index (χ0n) is 26.2. The Bertz CT molecular complexity index is 1890. The van der Waals surface area contributed by atoms with E-state index in [0.717, 1.165) is 39.6 Å². The van der Waals surface area contributed by atoms with Crippen LogP contribution in [0.15, 0.2) is 114 Å². The number of esters is 1. The molecule has 47 heavy (non-hydrogen) atoms. The average Bonchev–Trinajstić information content (AvgIpc) is 3.44. The minimum absolute atomic E-state index is 0.201. The molecule has 1 aliphatic heterocycles. The third-order valence-corrected chi connectivity index (χ3v) is 10.4. The van der Waals surface area contributed by atoms with Gasteiger partial charge < -0.3 is 15.4 Å². The number of ether oxygens (including phenoxy) is 1. The Hall–Kier alpha value is -4.70. The van der Waals surface area contributed by atoms with Crippen LogP contribution in [-0.4, -0.2) is 36.3 Å². The highest BCUT2D eigenvalue weighted by Gasteiger charge is 2.31. The molecule has 1 unspecified atom stereocenters. The van der Waals surface area contributed by atoms with E-state index in [1.165, 1.54) is 35.8 Å². The lowest BCUT2D eigenvalue weighted by Crippen LogP contribution is -2.29. The summed E-state index contributed by atoms with van der Waals surface area (Å²) < 4.78 is 5.19. The standard InChI is InChI=1S/C38H35N3O4S2/c1-25-11-9-16-28(21-25)35(42)39-29-17-10-18-30(22-29)46-34(27-14-7-4-8-15-27)36(43)40-37-33(38(44)45-2)31-19-20-41(24-32(31)47-37)23-26-12-5-3-6-13-26/h3-18,21-22,34H,19-20,23-24H2,1-2H3,(H,39,42)(H,40,43). The molecule has 0 fully saturated rings. The van der Waals surface area contributed by atoms with Gasteiger partial charge in [-0.25, -0.2) is 4.79 Å². The summed E-state index contributed by atoms with van der Waals surface area (Å²) >= 11 is 2.83. The van der Waals surface area contributed by atoms with E-state index >= 15 is 0 Å². The molecule has 9 heteroatoms. The zero-order valence-corrected chi connectivity index (χ0v) is 27.8. The van der Waals surface area contributed by atoms with Crippen molar-refractivity contribution in [3.8, 4) is 0 Å². The van der Waals surface area contributed by atoms with E-state index in [9.17, 15) is 14.4 Å². The molecule has 0 saturated carbocycles. The summed E-state index contributed by atoms with van der Waals surface area (Å²) in [6.45, 7) is 4.25. The molecular formula is C38H35N3O4S2. The summed E-state index contributed by atoms with van der Waals surface area (Å²) in [5.41, 5.74) is 5.65. The Kier molecular flexibility index (Phi) is 10.2. The van der Waals surface area contributed by atoms with E-state index in [1.54, 1.807) is 6.07 Å². The largest absolute Gasteiger partial charge is 0.465 e. The van der Waals surface area contributed by atoms with Gasteiger partial charge in [-0.2, -0.15) is 0 Å². The van der Waals surface area contributed by atoms with Gasteiger partial charge in [0.1, 0.15) is 10.3 Å². The Balaban J connectivity index is 1.23. The summed E-state index contributed by atoms with van der Waals surface area (Å²) in [5, 5.41) is 5.97. The maximum atomic E-state index is 14.1. The molecule has 0 aliphatic carbocycles. The Morgan fingerprint density at radius 3 is 2.38 bits per heavy atom. The van der Waals surface area contributed by atoms with Crippen LogP contribution >= 0.6 is 23.1 Å². The van der Waals surface area contributed by atoms with Crippen LogP contribution in [0, 0.1) is 6.92 Å². The second-order valence-corrected chi connectivity index (χ2v) is 13.7. The minimum atomic E-state index is -0.627. The highest BCUT2D eigenvalue weighted by Crippen LogP contribution is 2.41. The second kappa shape index (κ2) is 14.8. The molecule has 7 nitrogen and oxygen atoms in total. The van der Waals surface area contributed by atoms with Gasteiger partial charge in [-0.15, -0.1) is 23.1 Å². The van der Waals surface area contributed by atoms with E-state index in [4.69, 9.17) is 4.74 Å². The van der Waals surface area contributed by atoms with Crippen molar-refractivity contribution in [2.75, 3.05) is 24.3 Å². The Labute approximate surface area is 283 Å². The molecular weight excluding hydrogens is 627 g/mol. The number of anilines is 2. The zero-order chi connectivity index (χ0) is 32.8. The van der Waals surface area contributed by atoms with Gasteiger partial charge in [-0.3, -0.25) is 14.5 Å². The first kappa shape index (κ1) is 32.2. The van der Waals surface area contributed by atoms with Gasteiger partial charge in [0.2, 0.25) is 5.91 Å². The maximum Gasteiger partial charge on any atom is 0.341 e. The number of thiophene rings is 1.